The van der Waals surface area contributed by atoms with Crippen LogP contribution in [0, 0.1) is 11.6 Å². The largest absolute Gasteiger partial charge is 0.348 e. The minimum Gasteiger partial charge on any atom is -0.348 e. The van der Waals surface area contributed by atoms with Gasteiger partial charge in [0.15, 0.2) is 0 Å². The summed E-state index contributed by atoms with van der Waals surface area (Å²) < 4.78 is 27.2. The molecule has 1 saturated heterocycles. The summed E-state index contributed by atoms with van der Waals surface area (Å²) in [6.45, 7) is 3.70. The minimum atomic E-state index is -0.680. The molecule has 1 unspecified atom stereocenters. The van der Waals surface area contributed by atoms with Crippen LogP contribution in [-0.2, 0) is 20.8 Å². The van der Waals surface area contributed by atoms with E-state index in [1.54, 1.807) is 0 Å². The number of hydrogen-bond acceptors (Lipinski definition) is 3. The average molecular weight is 363 g/mol. The lowest BCUT2D eigenvalue weighted by Crippen LogP contribution is -2.54. The van der Waals surface area contributed by atoms with Crippen LogP contribution >= 0.6 is 0 Å². The third-order valence-corrected chi connectivity index (χ3v) is 4.73. The smallest absolute Gasteiger partial charge is 0.246 e. The average Bonchev–Trinajstić information content (AvgIpc) is 2.99. The number of carbonyl (C=O) groups is 3. The fraction of sp³-hybridized carbons (Fsp3) is 0.389. The second kappa shape index (κ2) is 7.23. The predicted octanol–water partition coefficient (Wildman–Crippen LogP) is 0.925. The van der Waals surface area contributed by atoms with E-state index >= 15 is 0 Å². The second-order valence-corrected chi connectivity index (χ2v) is 6.39. The maximum atomic E-state index is 13.8. The predicted molar refractivity (Wildman–Crippen MR) is 88.9 cm³/mol. The highest BCUT2D eigenvalue weighted by Crippen LogP contribution is 2.33. The van der Waals surface area contributed by atoms with Gasteiger partial charge in [0.25, 0.3) is 0 Å². The van der Waals surface area contributed by atoms with Gasteiger partial charge < -0.3 is 15.1 Å². The fourth-order valence-electron chi connectivity index (χ4n) is 3.40. The molecule has 1 aromatic carbocycles. The lowest BCUT2D eigenvalue weighted by molar-refractivity contribution is -0.145. The van der Waals surface area contributed by atoms with Crippen molar-refractivity contribution < 1.29 is 23.2 Å². The van der Waals surface area contributed by atoms with Crippen LogP contribution in [0.3, 0.4) is 0 Å². The van der Waals surface area contributed by atoms with Crippen molar-refractivity contribution in [2.45, 2.75) is 18.9 Å². The van der Waals surface area contributed by atoms with E-state index in [4.69, 9.17) is 0 Å². The number of amides is 3. The molecule has 0 saturated carbocycles. The van der Waals surface area contributed by atoms with Crippen molar-refractivity contribution in [2.24, 2.45) is 0 Å². The Kier molecular flexibility index (Phi) is 5.01. The van der Waals surface area contributed by atoms with E-state index in [0.29, 0.717) is 30.5 Å². The Morgan fingerprint density at radius 2 is 2.08 bits per heavy atom. The number of hydrogen-bond donors (Lipinski definition) is 1. The number of carbonyl (C=O) groups excluding carboxylic acids is 3. The summed E-state index contributed by atoms with van der Waals surface area (Å²) in [5.41, 5.74) is 0.868. The van der Waals surface area contributed by atoms with Gasteiger partial charge in [0.05, 0.1) is 12.6 Å². The maximum Gasteiger partial charge on any atom is 0.246 e. The van der Waals surface area contributed by atoms with Crippen LogP contribution in [0.1, 0.15) is 23.6 Å². The minimum absolute atomic E-state index is 0.0964. The zero-order valence-corrected chi connectivity index (χ0v) is 14.1. The van der Waals surface area contributed by atoms with E-state index in [1.165, 1.54) is 15.9 Å². The van der Waals surface area contributed by atoms with Crippen molar-refractivity contribution in [3.63, 3.8) is 0 Å². The van der Waals surface area contributed by atoms with Gasteiger partial charge in [-0.3, -0.25) is 14.4 Å². The molecular weight excluding hydrogens is 344 g/mol. The van der Waals surface area contributed by atoms with Crippen LogP contribution in [0.4, 0.5) is 8.78 Å². The molecule has 138 valence electrons. The zero-order valence-electron chi connectivity index (χ0n) is 14.1. The molecule has 1 aromatic rings. The zero-order chi connectivity index (χ0) is 18.8. The number of halogens is 2. The van der Waals surface area contributed by atoms with E-state index in [-0.39, 0.29) is 31.4 Å². The lowest BCUT2D eigenvalue weighted by Gasteiger charge is -2.33. The summed E-state index contributed by atoms with van der Waals surface area (Å²) >= 11 is 0. The van der Waals surface area contributed by atoms with E-state index < -0.39 is 23.6 Å². The molecule has 2 aliphatic rings. The van der Waals surface area contributed by atoms with Gasteiger partial charge >= 0.3 is 0 Å². The highest BCUT2D eigenvalue weighted by Gasteiger charge is 2.30. The van der Waals surface area contributed by atoms with Crippen molar-refractivity contribution in [2.75, 3.05) is 26.2 Å². The quantitative estimate of drug-likeness (QED) is 0.809. The summed E-state index contributed by atoms with van der Waals surface area (Å²) in [7, 11) is 0. The molecule has 8 heteroatoms. The molecular formula is C18H19F2N3O3. The Morgan fingerprint density at radius 3 is 2.77 bits per heavy atom. The normalized spacial score (nSPS) is 19.3. The van der Waals surface area contributed by atoms with Crippen LogP contribution < -0.4 is 5.32 Å². The molecule has 1 atom stereocenters. The molecule has 0 spiro atoms. The standard InChI is InChI=1S/C18H19F2N3O3/c1-2-17(25)23-6-5-22(18(26)10-23)9-16(24)21-15-4-3-12-13(15)7-11(19)8-14(12)20/h2,7-8,15H,1,3-6,9-10H2,(H,21,24). The number of fused-ring (bicyclic) bond motifs is 1. The van der Waals surface area contributed by atoms with E-state index in [2.05, 4.69) is 11.9 Å². The first-order chi connectivity index (χ1) is 12.4. The molecule has 0 aromatic heterocycles. The summed E-state index contributed by atoms with van der Waals surface area (Å²) in [5.74, 6) is -2.33. The molecule has 1 fully saturated rings. The number of benzene rings is 1. The van der Waals surface area contributed by atoms with Crippen molar-refractivity contribution in [3.8, 4) is 0 Å². The third kappa shape index (κ3) is 3.58. The Morgan fingerprint density at radius 1 is 1.31 bits per heavy atom. The lowest BCUT2D eigenvalue weighted by atomic mass is 10.1. The van der Waals surface area contributed by atoms with Crippen LogP contribution in [-0.4, -0.2) is 53.7 Å². The van der Waals surface area contributed by atoms with Crippen LogP contribution in [0.25, 0.3) is 0 Å². The molecule has 3 amide bonds. The van der Waals surface area contributed by atoms with E-state index in [0.717, 1.165) is 12.1 Å². The first-order valence-corrected chi connectivity index (χ1v) is 8.35. The Balaban J connectivity index is 1.59. The first kappa shape index (κ1) is 18.0. The summed E-state index contributed by atoms with van der Waals surface area (Å²) in [6.07, 6.45) is 2.05. The van der Waals surface area contributed by atoms with Crippen LogP contribution in [0.2, 0.25) is 0 Å². The molecule has 3 rings (SSSR count). The van der Waals surface area contributed by atoms with E-state index in [9.17, 15) is 23.2 Å². The van der Waals surface area contributed by atoms with E-state index in [1.807, 2.05) is 0 Å². The topological polar surface area (TPSA) is 69.7 Å². The third-order valence-electron chi connectivity index (χ3n) is 4.73. The van der Waals surface area contributed by atoms with Gasteiger partial charge in [0, 0.05) is 19.2 Å². The molecule has 1 heterocycles. The van der Waals surface area contributed by atoms with Gasteiger partial charge in [0.2, 0.25) is 17.7 Å². The molecule has 0 bridgehead atoms. The van der Waals surface area contributed by atoms with Gasteiger partial charge in [-0.2, -0.15) is 0 Å². The Labute approximate surface area is 149 Å². The second-order valence-electron chi connectivity index (χ2n) is 6.39. The van der Waals surface area contributed by atoms with Gasteiger partial charge in [0.1, 0.15) is 18.2 Å². The molecule has 26 heavy (non-hydrogen) atoms. The van der Waals surface area contributed by atoms with Crippen molar-refractivity contribution in [3.05, 3.63) is 47.5 Å². The Bertz CT molecular complexity index is 781. The van der Waals surface area contributed by atoms with Crippen LogP contribution in [0.15, 0.2) is 24.8 Å². The molecule has 1 aliphatic carbocycles. The van der Waals surface area contributed by atoms with Gasteiger partial charge in [-0.1, -0.05) is 6.58 Å². The monoisotopic (exact) mass is 363 g/mol. The first-order valence-electron chi connectivity index (χ1n) is 8.35. The van der Waals surface area contributed by atoms with Crippen LogP contribution in [0.5, 0.6) is 0 Å². The fourth-order valence-corrected chi connectivity index (χ4v) is 3.40. The molecule has 6 nitrogen and oxygen atoms in total. The highest BCUT2D eigenvalue weighted by molar-refractivity contribution is 5.93. The van der Waals surface area contributed by atoms with Crippen molar-refractivity contribution >= 4 is 17.7 Å². The molecule has 0 radical (unpaired) electrons. The molecule has 1 N–H and O–H groups in total. The molecule has 1 aliphatic heterocycles. The van der Waals surface area contributed by atoms with Gasteiger partial charge in [-0.05, 0) is 36.1 Å². The number of rotatable bonds is 4. The Hall–Kier alpha value is -2.77. The summed E-state index contributed by atoms with van der Waals surface area (Å²) in [6, 6.07) is 1.61. The summed E-state index contributed by atoms with van der Waals surface area (Å²) in [5, 5.41) is 2.74. The van der Waals surface area contributed by atoms with Gasteiger partial charge in [-0.25, -0.2) is 8.78 Å². The summed E-state index contributed by atoms with van der Waals surface area (Å²) in [4.78, 5) is 38.6. The maximum absolute atomic E-state index is 13.8. The van der Waals surface area contributed by atoms with Crippen molar-refractivity contribution in [1.29, 1.82) is 0 Å². The number of nitrogens with zero attached hydrogens (tertiary/aromatic N) is 2. The van der Waals surface area contributed by atoms with Crippen molar-refractivity contribution in [1.82, 2.24) is 15.1 Å². The SMILES string of the molecule is C=CC(=O)N1CCN(CC(=O)NC2CCc3c(F)cc(F)cc32)C(=O)C1. The highest BCUT2D eigenvalue weighted by atomic mass is 19.1. The van der Waals surface area contributed by atoms with Gasteiger partial charge in [-0.15, -0.1) is 0 Å². The number of piperazine rings is 1. The number of nitrogens with one attached hydrogen (secondary N) is 1.